The van der Waals surface area contributed by atoms with Crippen LogP contribution in [0.1, 0.15) is 13.8 Å². The maximum Gasteiger partial charge on any atom is 0.227 e. The molecule has 0 saturated carbocycles. The van der Waals surface area contributed by atoms with Gasteiger partial charge >= 0.3 is 0 Å². The minimum Gasteiger partial charge on any atom is -0.490 e. The highest BCUT2D eigenvalue weighted by molar-refractivity contribution is 6.31. The Morgan fingerprint density at radius 1 is 1.50 bits per heavy atom. The first kappa shape index (κ1) is 14.5. The van der Waals surface area contributed by atoms with Crippen molar-refractivity contribution in [2.45, 2.75) is 13.8 Å². The van der Waals surface area contributed by atoms with Gasteiger partial charge in [0.1, 0.15) is 6.33 Å². The van der Waals surface area contributed by atoms with Gasteiger partial charge in [-0.3, -0.25) is 4.79 Å². The molecule has 1 heterocycles. The fourth-order valence-electron chi connectivity index (χ4n) is 1.38. The van der Waals surface area contributed by atoms with Crippen molar-refractivity contribution in [3.63, 3.8) is 0 Å². The Kier molecular flexibility index (Phi) is 4.72. The number of hydrogen-bond acceptors (Lipinski definition) is 5. The van der Waals surface area contributed by atoms with Gasteiger partial charge in [-0.25, -0.2) is 9.97 Å². The van der Waals surface area contributed by atoms with Gasteiger partial charge in [-0.2, -0.15) is 0 Å². The van der Waals surface area contributed by atoms with E-state index in [1.807, 2.05) is 13.8 Å². The standard InChI is InChI=1S/C11H17ClN4O2/c1-11(2,10(17)13-3)5-14-9-7(18-4)8(12)15-6-16-9/h6H,5H2,1-4H3,(H,13,17)(H,14,15,16). The van der Waals surface area contributed by atoms with Gasteiger partial charge in [-0.1, -0.05) is 11.6 Å². The molecule has 0 fully saturated rings. The molecular weight excluding hydrogens is 256 g/mol. The lowest BCUT2D eigenvalue weighted by molar-refractivity contribution is -0.128. The number of carbonyl (C=O) groups excluding carboxylic acids is 1. The van der Waals surface area contributed by atoms with E-state index in [0.29, 0.717) is 18.1 Å². The Hall–Kier alpha value is -1.56. The summed E-state index contributed by atoms with van der Waals surface area (Å²) in [5, 5.41) is 5.88. The zero-order valence-corrected chi connectivity index (χ0v) is 11.6. The van der Waals surface area contributed by atoms with E-state index in [-0.39, 0.29) is 11.1 Å². The Bertz CT molecular complexity index is 437. The van der Waals surface area contributed by atoms with Crippen LogP contribution in [0.3, 0.4) is 0 Å². The van der Waals surface area contributed by atoms with Crippen molar-refractivity contribution in [3.05, 3.63) is 11.5 Å². The lowest BCUT2D eigenvalue weighted by Gasteiger charge is -2.23. The molecule has 0 aromatic carbocycles. The van der Waals surface area contributed by atoms with E-state index in [2.05, 4.69) is 20.6 Å². The number of methoxy groups -OCH3 is 1. The Morgan fingerprint density at radius 2 is 2.17 bits per heavy atom. The largest absolute Gasteiger partial charge is 0.490 e. The number of halogens is 1. The van der Waals surface area contributed by atoms with Crippen molar-refractivity contribution in [2.75, 3.05) is 26.0 Å². The van der Waals surface area contributed by atoms with Crippen LogP contribution < -0.4 is 15.4 Å². The number of ether oxygens (including phenoxy) is 1. The van der Waals surface area contributed by atoms with Gasteiger partial charge in [0.2, 0.25) is 5.91 Å². The fourth-order valence-corrected chi connectivity index (χ4v) is 1.59. The molecule has 18 heavy (non-hydrogen) atoms. The van der Waals surface area contributed by atoms with Crippen molar-refractivity contribution < 1.29 is 9.53 Å². The molecule has 0 saturated heterocycles. The first-order valence-corrected chi connectivity index (χ1v) is 5.80. The molecule has 0 aliphatic heterocycles. The average molecular weight is 273 g/mol. The lowest BCUT2D eigenvalue weighted by atomic mass is 9.92. The van der Waals surface area contributed by atoms with Gasteiger partial charge in [-0.15, -0.1) is 0 Å². The molecule has 0 bridgehead atoms. The smallest absolute Gasteiger partial charge is 0.227 e. The van der Waals surface area contributed by atoms with E-state index in [4.69, 9.17) is 16.3 Å². The van der Waals surface area contributed by atoms with E-state index in [0.717, 1.165) is 0 Å². The normalized spacial score (nSPS) is 10.9. The van der Waals surface area contributed by atoms with Crippen LogP contribution in [0.5, 0.6) is 5.75 Å². The quantitative estimate of drug-likeness (QED) is 0.791. The van der Waals surface area contributed by atoms with Crippen LogP contribution in [-0.2, 0) is 4.79 Å². The van der Waals surface area contributed by atoms with Crippen LogP contribution in [0, 0.1) is 5.41 Å². The molecule has 1 amide bonds. The summed E-state index contributed by atoms with van der Waals surface area (Å²) in [5.41, 5.74) is -0.572. The molecule has 1 rings (SSSR count). The molecule has 0 atom stereocenters. The van der Waals surface area contributed by atoms with Gasteiger partial charge in [0, 0.05) is 13.6 Å². The first-order chi connectivity index (χ1) is 8.42. The zero-order chi connectivity index (χ0) is 13.8. The lowest BCUT2D eigenvalue weighted by Crippen LogP contribution is -2.39. The minimum atomic E-state index is -0.572. The summed E-state index contributed by atoms with van der Waals surface area (Å²) in [6.45, 7) is 4.05. The van der Waals surface area contributed by atoms with Crippen LogP contribution in [0.4, 0.5) is 5.82 Å². The van der Waals surface area contributed by atoms with Gasteiger partial charge in [0.05, 0.1) is 12.5 Å². The summed E-state index contributed by atoms with van der Waals surface area (Å²) in [7, 11) is 3.09. The Balaban J connectivity index is 2.81. The summed E-state index contributed by atoms with van der Waals surface area (Å²) < 4.78 is 5.11. The van der Waals surface area contributed by atoms with Gasteiger partial charge in [-0.05, 0) is 13.8 Å². The molecule has 2 N–H and O–H groups in total. The van der Waals surface area contributed by atoms with Gasteiger partial charge in [0.25, 0.3) is 0 Å². The maximum atomic E-state index is 11.6. The second-order valence-corrected chi connectivity index (χ2v) is 4.72. The van der Waals surface area contributed by atoms with Crippen LogP contribution in [-0.4, -0.2) is 36.6 Å². The minimum absolute atomic E-state index is 0.0610. The highest BCUT2D eigenvalue weighted by atomic mass is 35.5. The molecule has 0 unspecified atom stereocenters. The third kappa shape index (κ3) is 3.22. The molecule has 6 nitrogen and oxygen atoms in total. The van der Waals surface area contributed by atoms with Crippen LogP contribution in [0.2, 0.25) is 5.15 Å². The molecule has 0 aliphatic rings. The Morgan fingerprint density at radius 3 is 2.72 bits per heavy atom. The van der Waals surface area contributed by atoms with E-state index in [9.17, 15) is 4.79 Å². The second-order valence-electron chi connectivity index (χ2n) is 4.36. The molecule has 1 aromatic rings. The van der Waals surface area contributed by atoms with E-state index >= 15 is 0 Å². The summed E-state index contributed by atoms with van der Waals surface area (Å²) in [6.07, 6.45) is 1.33. The molecule has 0 spiro atoms. The molecule has 0 radical (unpaired) electrons. The van der Waals surface area contributed by atoms with Crippen LogP contribution in [0.15, 0.2) is 6.33 Å². The molecular formula is C11H17ClN4O2. The number of anilines is 1. The van der Waals surface area contributed by atoms with Crippen molar-refractivity contribution in [2.24, 2.45) is 5.41 Å². The van der Waals surface area contributed by atoms with E-state index < -0.39 is 5.41 Å². The number of rotatable bonds is 5. The number of nitrogens with one attached hydrogen (secondary N) is 2. The highest BCUT2D eigenvalue weighted by Gasteiger charge is 2.27. The molecule has 100 valence electrons. The summed E-state index contributed by atoms with van der Waals surface area (Å²) >= 11 is 5.87. The number of aromatic nitrogens is 2. The number of nitrogens with zero attached hydrogens (tertiary/aromatic N) is 2. The SMILES string of the molecule is CNC(=O)C(C)(C)CNc1ncnc(Cl)c1OC. The fraction of sp³-hybridized carbons (Fsp3) is 0.545. The second kappa shape index (κ2) is 5.86. The van der Waals surface area contributed by atoms with Gasteiger partial charge in [0.15, 0.2) is 16.7 Å². The van der Waals surface area contributed by atoms with Crippen LogP contribution >= 0.6 is 11.6 Å². The summed E-state index contributed by atoms with van der Waals surface area (Å²) in [4.78, 5) is 19.5. The monoisotopic (exact) mass is 272 g/mol. The predicted octanol–water partition coefficient (Wildman–Crippen LogP) is 1.32. The van der Waals surface area contributed by atoms with Gasteiger partial charge < -0.3 is 15.4 Å². The number of amides is 1. The topological polar surface area (TPSA) is 76.1 Å². The van der Waals surface area contributed by atoms with Crippen molar-refractivity contribution >= 4 is 23.3 Å². The zero-order valence-electron chi connectivity index (χ0n) is 10.9. The molecule has 1 aromatic heterocycles. The number of carbonyl (C=O) groups is 1. The summed E-state index contributed by atoms with van der Waals surface area (Å²) in [6, 6.07) is 0. The van der Waals surface area contributed by atoms with Crippen molar-refractivity contribution in [3.8, 4) is 5.75 Å². The molecule has 7 heteroatoms. The van der Waals surface area contributed by atoms with Crippen molar-refractivity contribution in [1.82, 2.24) is 15.3 Å². The van der Waals surface area contributed by atoms with Crippen LogP contribution in [0.25, 0.3) is 0 Å². The highest BCUT2D eigenvalue weighted by Crippen LogP contribution is 2.29. The summed E-state index contributed by atoms with van der Waals surface area (Å²) in [5.74, 6) is 0.774. The average Bonchev–Trinajstić information content (AvgIpc) is 2.35. The third-order valence-corrected chi connectivity index (χ3v) is 2.77. The maximum absolute atomic E-state index is 11.6. The van der Waals surface area contributed by atoms with E-state index in [1.54, 1.807) is 7.05 Å². The van der Waals surface area contributed by atoms with E-state index in [1.165, 1.54) is 13.4 Å². The Labute approximate surface area is 111 Å². The predicted molar refractivity (Wildman–Crippen MR) is 69.9 cm³/mol. The first-order valence-electron chi connectivity index (χ1n) is 5.43. The third-order valence-electron chi connectivity index (χ3n) is 2.50. The number of hydrogen-bond donors (Lipinski definition) is 2. The van der Waals surface area contributed by atoms with Crippen molar-refractivity contribution in [1.29, 1.82) is 0 Å². The molecule has 0 aliphatic carbocycles.